The second-order valence-electron chi connectivity index (χ2n) is 7.35. The standard InChI is InChI=1S/C25H23N3O3/c1-16-9-14-22(15-17(16)2)30-18(3)23(29)26-21-12-10-20(11-13-21)25-28-27-24(31-25)19-7-5-4-6-8-19/h4-15,18H,1-3H3,(H,26,29). The van der Waals surface area contributed by atoms with Crippen molar-refractivity contribution in [2.45, 2.75) is 26.9 Å². The Bertz CT molecular complexity index is 1180. The molecule has 0 saturated heterocycles. The molecule has 0 bridgehead atoms. The third-order valence-corrected chi connectivity index (χ3v) is 5.01. The maximum absolute atomic E-state index is 12.5. The van der Waals surface area contributed by atoms with E-state index in [0.717, 1.165) is 16.7 Å². The Morgan fingerprint density at radius 1 is 0.871 bits per heavy atom. The minimum absolute atomic E-state index is 0.227. The number of rotatable bonds is 6. The first-order chi connectivity index (χ1) is 15.0. The van der Waals surface area contributed by atoms with E-state index in [1.54, 1.807) is 19.1 Å². The van der Waals surface area contributed by atoms with Crippen LogP contribution >= 0.6 is 0 Å². The summed E-state index contributed by atoms with van der Waals surface area (Å²) in [5.74, 6) is 1.33. The fourth-order valence-corrected chi connectivity index (χ4v) is 3.02. The van der Waals surface area contributed by atoms with Gasteiger partial charge in [0.2, 0.25) is 11.8 Å². The lowest BCUT2D eigenvalue weighted by Gasteiger charge is -2.15. The number of ether oxygens (including phenoxy) is 1. The number of aromatic nitrogens is 2. The lowest BCUT2D eigenvalue weighted by molar-refractivity contribution is -0.122. The molecule has 1 heterocycles. The van der Waals surface area contributed by atoms with E-state index in [1.807, 2.05) is 74.5 Å². The van der Waals surface area contributed by atoms with Gasteiger partial charge >= 0.3 is 0 Å². The van der Waals surface area contributed by atoms with Gasteiger partial charge in [0.15, 0.2) is 6.10 Å². The minimum Gasteiger partial charge on any atom is -0.481 e. The Hall–Kier alpha value is -3.93. The summed E-state index contributed by atoms with van der Waals surface area (Å²) in [7, 11) is 0. The van der Waals surface area contributed by atoms with Crippen LogP contribution in [0.1, 0.15) is 18.1 Å². The molecule has 6 nitrogen and oxygen atoms in total. The molecule has 3 aromatic carbocycles. The van der Waals surface area contributed by atoms with Crippen LogP contribution in [0.2, 0.25) is 0 Å². The van der Waals surface area contributed by atoms with Gasteiger partial charge in [-0.25, -0.2) is 0 Å². The molecule has 1 unspecified atom stereocenters. The SMILES string of the molecule is Cc1ccc(OC(C)C(=O)Nc2ccc(-c3nnc(-c4ccccc4)o3)cc2)cc1C. The highest BCUT2D eigenvalue weighted by Gasteiger charge is 2.16. The highest BCUT2D eigenvalue weighted by atomic mass is 16.5. The van der Waals surface area contributed by atoms with E-state index in [4.69, 9.17) is 9.15 Å². The number of aryl methyl sites for hydroxylation is 2. The Labute approximate surface area is 180 Å². The number of amides is 1. The molecule has 6 heteroatoms. The topological polar surface area (TPSA) is 77.2 Å². The molecule has 1 atom stereocenters. The molecular formula is C25H23N3O3. The zero-order valence-corrected chi connectivity index (χ0v) is 17.6. The van der Waals surface area contributed by atoms with Crippen LogP contribution in [-0.2, 0) is 4.79 Å². The zero-order valence-electron chi connectivity index (χ0n) is 17.6. The van der Waals surface area contributed by atoms with Gasteiger partial charge in [-0.05, 0) is 80.4 Å². The molecule has 0 aliphatic carbocycles. The number of hydrogen-bond acceptors (Lipinski definition) is 5. The van der Waals surface area contributed by atoms with E-state index >= 15 is 0 Å². The number of carbonyl (C=O) groups excluding carboxylic acids is 1. The molecule has 0 saturated carbocycles. The molecule has 31 heavy (non-hydrogen) atoms. The van der Waals surface area contributed by atoms with Crippen LogP contribution in [0.3, 0.4) is 0 Å². The Morgan fingerprint density at radius 3 is 2.16 bits per heavy atom. The number of carbonyl (C=O) groups is 1. The van der Waals surface area contributed by atoms with Gasteiger partial charge < -0.3 is 14.5 Å². The number of anilines is 1. The summed E-state index contributed by atoms with van der Waals surface area (Å²) in [4.78, 5) is 12.5. The Balaban J connectivity index is 1.39. The summed E-state index contributed by atoms with van der Waals surface area (Å²) in [5, 5.41) is 11.1. The quantitative estimate of drug-likeness (QED) is 0.456. The van der Waals surface area contributed by atoms with Crippen LogP contribution in [-0.4, -0.2) is 22.2 Å². The predicted octanol–water partition coefficient (Wildman–Crippen LogP) is 5.43. The van der Waals surface area contributed by atoms with E-state index in [1.165, 1.54) is 5.56 Å². The van der Waals surface area contributed by atoms with Gasteiger partial charge in [-0.2, -0.15) is 0 Å². The summed E-state index contributed by atoms with van der Waals surface area (Å²) >= 11 is 0. The van der Waals surface area contributed by atoms with Gasteiger partial charge in [-0.3, -0.25) is 4.79 Å². The van der Waals surface area contributed by atoms with Crippen LogP contribution in [0.25, 0.3) is 22.9 Å². The first-order valence-corrected chi connectivity index (χ1v) is 10.0. The molecule has 4 aromatic rings. The molecule has 0 aliphatic heterocycles. The van der Waals surface area contributed by atoms with Crippen molar-refractivity contribution in [2.75, 3.05) is 5.32 Å². The molecule has 156 valence electrons. The first kappa shape index (κ1) is 20.3. The summed E-state index contributed by atoms with van der Waals surface area (Å²) in [6.07, 6.45) is -0.633. The second-order valence-corrected chi connectivity index (χ2v) is 7.35. The van der Waals surface area contributed by atoms with Gasteiger partial charge in [-0.15, -0.1) is 10.2 Å². The molecular weight excluding hydrogens is 390 g/mol. The van der Waals surface area contributed by atoms with Crippen LogP contribution in [0.5, 0.6) is 5.75 Å². The fourth-order valence-electron chi connectivity index (χ4n) is 3.02. The van der Waals surface area contributed by atoms with Gasteiger partial charge in [0.05, 0.1) is 0 Å². The smallest absolute Gasteiger partial charge is 0.265 e. The van der Waals surface area contributed by atoms with Crippen molar-refractivity contribution < 1.29 is 13.9 Å². The van der Waals surface area contributed by atoms with E-state index in [-0.39, 0.29) is 5.91 Å². The van der Waals surface area contributed by atoms with E-state index in [0.29, 0.717) is 23.2 Å². The highest BCUT2D eigenvalue weighted by molar-refractivity contribution is 5.94. The maximum atomic E-state index is 12.5. The maximum Gasteiger partial charge on any atom is 0.265 e. The molecule has 1 amide bonds. The van der Waals surface area contributed by atoms with Crippen molar-refractivity contribution in [2.24, 2.45) is 0 Å². The van der Waals surface area contributed by atoms with E-state index < -0.39 is 6.10 Å². The first-order valence-electron chi connectivity index (χ1n) is 10.0. The van der Waals surface area contributed by atoms with Gasteiger partial charge in [-0.1, -0.05) is 24.3 Å². The third kappa shape index (κ3) is 4.80. The largest absolute Gasteiger partial charge is 0.481 e. The Kier molecular flexibility index (Phi) is 5.80. The van der Waals surface area contributed by atoms with E-state index in [9.17, 15) is 4.79 Å². The number of hydrogen-bond donors (Lipinski definition) is 1. The van der Waals surface area contributed by atoms with Crippen molar-refractivity contribution in [3.63, 3.8) is 0 Å². The summed E-state index contributed by atoms with van der Waals surface area (Å²) in [5.41, 5.74) is 4.60. The highest BCUT2D eigenvalue weighted by Crippen LogP contribution is 2.25. The van der Waals surface area contributed by atoms with Crippen molar-refractivity contribution in [1.29, 1.82) is 0 Å². The van der Waals surface area contributed by atoms with Crippen molar-refractivity contribution >= 4 is 11.6 Å². The molecule has 0 aliphatic rings. The van der Waals surface area contributed by atoms with Crippen LogP contribution in [0, 0.1) is 13.8 Å². The minimum atomic E-state index is -0.633. The Morgan fingerprint density at radius 2 is 1.52 bits per heavy atom. The fraction of sp³-hybridized carbons (Fsp3) is 0.160. The third-order valence-electron chi connectivity index (χ3n) is 5.01. The number of benzene rings is 3. The van der Waals surface area contributed by atoms with Crippen molar-refractivity contribution in [3.05, 3.63) is 83.9 Å². The summed E-state index contributed by atoms with van der Waals surface area (Å²) in [6, 6.07) is 22.6. The predicted molar refractivity (Wildman–Crippen MR) is 120 cm³/mol. The zero-order chi connectivity index (χ0) is 21.8. The molecule has 1 N–H and O–H groups in total. The summed E-state index contributed by atoms with van der Waals surface area (Å²) in [6.45, 7) is 5.78. The molecule has 0 spiro atoms. The van der Waals surface area contributed by atoms with Crippen molar-refractivity contribution in [3.8, 4) is 28.7 Å². The molecule has 0 radical (unpaired) electrons. The van der Waals surface area contributed by atoms with Gasteiger partial charge in [0.25, 0.3) is 5.91 Å². The van der Waals surface area contributed by atoms with Gasteiger partial charge in [0, 0.05) is 16.8 Å². The van der Waals surface area contributed by atoms with Crippen LogP contribution < -0.4 is 10.1 Å². The van der Waals surface area contributed by atoms with Crippen molar-refractivity contribution in [1.82, 2.24) is 10.2 Å². The second kappa shape index (κ2) is 8.83. The number of nitrogens with one attached hydrogen (secondary N) is 1. The molecule has 1 aromatic heterocycles. The lowest BCUT2D eigenvalue weighted by atomic mass is 10.1. The average Bonchev–Trinajstić information content (AvgIpc) is 3.28. The monoisotopic (exact) mass is 413 g/mol. The average molecular weight is 413 g/mol. The normalized spacial score (nSPS) is 11.7. The van der Waals surface area contributed by atoms with Crippen LogP contribution in [0.15, 0.2) is 77.2 Å². The number of nitrogens with zero attached hydrogens (tertiary/aromatic N) is 2. The van der Waals surface area contributed by atoms with Crippen LogP contribution in [0.4, 0.5) is 5.69 Å². The summed E-state index contributed by atoms with van der Waals surface area (Å²) < 4.78 is 11.5. The lowest BCUT2D eigenvalue weighted by Crippen LogP contribution is -2.30. The molecule has 0 fully saturated rings. The van der Waals surface area contributed by atoms with Gasteiger partial charge in [0.1, 0.15) is 5.75 Å². The molecule has 4 rings (SSSR count). The van der Waals surface area contributed by atoms with E-state index in [2.05, 4.69) is 15.5 Å².